The minimum atomic E-state index is -3.70. The Bertz CT molecular complexity index is 509. The summed E-state index contributed by atoms with van der Waals surface area (Å²) in [6, 6.07) is 3.10. The van der Waals surface area contributed by atoms with E-state index in [-0.39, 0.29) is 10.7 Å². The molecule has 0 spiro atoms. The number of nitrogen functional groups attached to an aromatic ring is 1. The van der Waals surface area contributed by atoms with Gasteiger partial charge in [0.15, 0.2) is 5.03 Å². The van der Waals surface area contributed by atoms with Crippen molar-refractivity contribution < 1.29 is 13.2 Å². The number of nitrogens with zero attached hydrogens (tertiary/aromatic N) is 1. The molecule has 0 aliphatic carbocycles. The van der Waals surface area contributed by atoms with Crippen LogP contribution in [0.4, 0.5) is 5.69 Å². The van der Waals surface area contributed by atoms with Crippen LogP contribution in [0.2, 0.25) is 0 Å². The third kappa shape index (κ3) is 2.56. The molecule has 0 bridgehead atoms. The van der Waals surface area contributed by atoms with Gasteiger partial charge in [0.05, 0.1) is 17.8 Å². The van der Waals surface area contributed by atoms with E-state index >= 15 is 0 Å². The van der Waals surface area contributed by atoms with Crippen molar-refractivity contribution in [3.05, 3.63) is 18.3 Å². The second-order valence-corrected chi connectivity index (χ2v) is 5.96. The lowest BCUT2D eigenvalue weighted by atomic mass is 10.0. The summed E-state index contributed by atoms with van der Waals surface area (Å²) in [5.41, 5.74) is 5.17. The van der Waals surface area contributed by atoms with E-state index in [0.717, 1.165) is 0 Å². The van der Waals surface area contributed by atoms with Crippen molar-refractivity contribution in [3.8, 4) is 0 Å². The number of anilines is 1. The minimum absolute atomic E-state index is 0.131. The Morgan fingerprint density at radius 1 is 1.59 bits per heavy atom. The maximum absolute atomic E-state index is 12.1. The smallest absolute Gasteiger partial charge is 0.260 e. The number of nitrogens with two attached hydrogens (primary N) is 1. The summed E-state index contributed by atoms with van der Waals surface area (Å²) < 4.78 is 32.0. The highest BCUT2D eigenvalue weighted by molar-refractivity contribution is 7.89. The Morgan fingerprint density at radius 3 is 2.94 bits per heavy atom. The van der Waals surface area contributed by atoms with E-state index in [1.165, 1.54) is 12.3 Å². The van der Waals surface area contributed by atoms with Gasteiger partial charge in [-0.05, 0) is 25.5 Å². The number of aromatic nitrogens is 1. The second-order valence-electron chi connectivity index (χ2n) is 4.37. The molecule has 2 heterocycles. The van der Waals surface area contributed by atoms with Gasteiger partial charge in [-0.2, -0.15) is 0 Å². The number of nitrogens with one attached hydrogen (secondary N) is 1. The van der Waals surface area contributed by atoms with Crippen molar-refractivity contribution in [2.24, 2.45) is 0 Å². The molecule has 6 nitrogen and oxygen atoms in total. The summed E-state index contributed by atoms with van der Waals surface area (Å²) in [5.74, 6) is 0. The Morgan fingerprint density at radius 2 is 2.35 bits per heavy atom. The molecule has 94 valence electrons. The molecule has 17 heavy (non-hydrogen) atoms. The zero-order valence-electron chi connectivity index (χ0n) is 9.51. The van der Waals surface area contributed by atoms with Crippen LogP contribution < -0.4 is 10.5 Å². The summed E-state index contributed by atoms with van der Waals surface area (Å²) in [5, 5.41) is -0.131. The minimum Gasteiger partial charge on any atom is -0.396 e. The molecule has 1 unspecified atom stereocenters. The van der Waals surface area contributed by atoms with Gasteiger partial charge >= 0.3 is 0 Å². The predicted octanol–water partition coefficient (Wildman–Crippen LogP) is 0.121. The first-order valence-corrected chi connectivity index (χ1v) is 6.74. The van der Waals surface area contributed by atoms with Gasteiger partial charge in [-0.15, -0.1) is 0 Å². The van der Waals surface area contributed by atoms with E-state index in [1.54, 1.807) is 13.0 Å². The fraction of sp³-hybridized carbons (Fsp3) is 0.500. The molecule has 7 heteroatoms. The van der Waals surface area contributed by atoms with E-state index in [9.17, 15) is 8.42 Å². The van der Waals surface area contributed by atoms with E-state index < -0.39 is 15.6 Å². The van der Waals surface area contributed by atoms with Crippen molar-refractivity contribution in [2.75, 3.05) is 18.9 Å². The zero-order chi connectivity index (χ0) is 12.5. The van der Waals surface area contributed by atoms with Gasteiger partial charge in [0.2, 0.25) is 0 Å². The zero-order valence-corrected chi connectivity index (χ0v) is 10.3. The number of hydrogen-bond acceptors (Lipinski definition) is 5. The molecular weight excluding hydrogens is 242 g/mol. The predicted molar refractivity (Wildman–Crippen MR) is 62.8 cm³/mol. The highest BCUT2D eigenvalue weighted by Gasteiger charge is 2.35. The maximum atomic E-state index is 12.1. The highest BCUT2D eigenvalue weighted by Crippen LogP contribution is 2.22. The Kier molecular flexibility index (Phi) is 3.07. The van der Waals surface area contributed by atoms with E-state index in [1.807, 2.05) is 0 Å². The number of pyridine rings is 1. The van der Waals surface area contributed by atoms with Crippen molar-refractivity contribution >= 4 is 15.7 Å². The Balaban J connectivity index is 2.28. The first-order valence-electron chi connectivity index (χ1n) is 5.25. The molecule has 1 aromatic heterocycles. The van der Waals surface area contributed by atoms with Crippen molar-refractivity contribution in [2.45, 2.75) is 23.9 Å². The average Bonchev–Trinajstić information content (AvgIpc) is 2.64. The molecule has 1 aliphatic heterocycles. The molecule has 3 N–H and O–H groups in total. The topological polar surface area (TPSA) is 94.3 Å². The van der Waals surface area contributed by atoms with Crippen LogP contribution in [0.1, 0.15) is 13.3 Å². The van der Waals surface area contributed by atoms with Crippen LogP contribution in [0.25, 0.3) is 0 Å². The summed E-state index contributed by atoms with van der Waals surface area (Å²) in [4.78, 5) is 3.81. The first-order chi connectivity index (χ1) is 7.93. The highest BCUT2D eigenvalue weighted by atomic mass is 32.2. The molecule has 0 aromatic carbocycles. The van der Waals surface area contributed by atoms with E-state index in [0.29, 0.717) is 19.6 Å². The number of rotatable bonds is 3. The van der Waals surface area contributed by atoms with Crippen LogP contribution in [0.3, 0.4) is 0 Å². The van der Waals surface area contributed by atoms with Crippen molar-refractivity contribution in [1.29, 1.82) is 0 Å². The molecular formula is C10H15N3O3S. The fourth-order valence-electron chi connectivity index (χ4n) is 1.75. The van der Waals surface area contributed by atoms with Gasteiger partial charge in [-0.3, -0.25) is 0 Å². The molecule has 0 amide bonds. The van der Waals surface area contributed by atoms with Crippen LogP contribution in [0, 0.1) is 0 Å². The van der Waals surface area contributed by atoms with Crippen LogP contribution >= 0.6 is 0 Å². The lowest BCUT2D eigenvalue weighted by molar-refractivity contribution is 0.178. The summed E-state index contributed by atoms with van der Waals surface area (Å²) >= 11 is 0. The van der Waals surface area contributed by atoms with Crippen LogP contribution in [0.15, 0.2) is 23.4 Å². The van der Waals surface area contributed by atoms with Crippen LogP contribution in [-0.4, -0.2) is 32.2 Å². The Hall–Kier alpha value is -1.18. The molecule has 0 saturated carbocycles. The third-order valence-electron chi connectivity index (χ3n) is 2.65. The van der Waals surface area contributed by atoms with Crippen molar-refractivity contribution in [3.63, 3.8) is 0 Å². The molecule has 1 saturated heterocycles. The summed E-state index contributed by atoms with van der Waals surface area (Å²) in [6.07, 6.45) is 2.04. The molecule has 1 atom stereocenters. The fourth-order valence-corrected chi connectivity index (χ4v) is 3.23. The molecule has 2 rings (SSSR count). The lowest BCUT2D eigenvalue weighted by Crippen LogP contribution is -2.46. The third-order valence-corrected chi connectivity index (χ3v) is 4.27. The molecule has 1 fully saturated rings. The monoisotopic (exact) mass is 257 g/mol. The second kappa shape index (κ2) is 4.25. The standard InChI is InChI=1S/C10H15N3O3S/c1-10(4-6-16-7-10)13-17(14,15)9-8(11)3-2-5-12-9/h2-3,5,13H,4,6-7,11H2,1H3. The molecule has 1 aliphatic rings. The van der Waals surface area contributed by atoms with Crippen molar-refractivity contribution in [1.82, 2.24) is 9.71 Å². The first kappa shape index (κ1) is 12.3. The van der Waals surface area contributed by atoms with Gasteiger partial charge in [0.1, 0.15) is 0 Å². The van der Waals surface area contributed by atoms with Gasteiger partial charge in [0, 0.05) is 12.8 Å². The van der Waals surface area contributed by atoms with Crippen LogP contribution in [0.5, 0.6) is 0 Å². The lowest BCUT2D eigenvalue weighted by Gasteiger charge is -2.23. The van der Waals surface area contributed by atoms with Gasteiger partial charge < -0.3 is 10.5 Å². The van der Waals surface area contributed by atoms with Gasteiger partial charge in [-0.1, -0.05) is 0 Å². The quantitative estimate of drug-likeness (QED) is 0.802. The molecule has 0 radical (unpaired) electrons. The summed E-state index contributed by atoms with van der Waals surface area (Å²) in [6.45, 7) is 2.71. The number of sulfonamides is 1. The number of hydrogen-bond donors (Lipinski definition) is 2. The maximum Gasteiger partial charge on any atom is 0.260 e. The van der Waals surface area contributed by atoms with Gasteiger partial charge in [-0.25, -0.2) is 18.1 Å². The SMILES string of the molecule is CC1(NS(=O)(=O)c2ncccc2N)CCOC1. The van der Waals surface area contributed by atoms with Crippen LogP contribution in [-0.2, 0) is 14.8 Å². The van der Waals surface area contributed by atoms with E-state index in [4.69, 9.17) is 10.5 Å². The largest absolute Gasteiger partial charge is 0.396 e. The Labute approximate surface area is 100 Å². The number of ether oxygens (including phenoxy) is 1. The average molecular weight is 257 g/mol. The van der Waals surface area contributed by atoms with Gasteiger partial charge in [0.25, 0.3) is 10.0 Å². The molecule has 1 aromatic rings. The van der Waals surface area contributed by atoms with E-state index in [2.05, 4.69) is 9.71 Å². The summed E-state index contributed by atoms with van der Waals surface area (Å²) in [7, 11) is -3.70. The normalized spacial score (nSPS) is 25.0.